The Morgan fingerprint density at radius 2 is 1.92 bits per heavy atom. The Labute approximate surface area is 150 Å². The van der Waals surface area contributed by atoms with E-state index in [-0.39, 0.29) is 22.8 Å². The Balaban J connectivity index is 2.05. The number of halogens is 1. The number of carbonyl (C=O) groups is 1. The summed E-state index contributed by atoms with van der Waals surface area (Å²) in [4.78, 5) is 15.3. The van der Waals surface area contributed by atoms with Gasteiger partial charge in [0.1, 0.15) is 11.4 Å². The van der Waals surface area contributed by atoms with Crippen LogP contribution in [0.3, 0.4) is 0 Å². The van der Waals surface area contributed by atoms with Gasteiger partial charge < -0.3 is 15.2 Å². The first-order valence-electron chi connectivity index (χ1n) is 8.08. The quantitative estimate of drug-likeness (QED) is 0.671. The van der Waals surface area contributed by atoms with Crippen molar-refractivity contribution in [2.24, 2.45) is 0 Å². The molecule has 0 amide bonds. The van der Waals surface area contributed by atoms with Gasteiger partial charge in [0, 0.05) is 11.8 Å². The van der Waals surface area contributed by atoms with Gasteiger partial charge in [0.05, 0.1) is 12.3 Å². The molecule has 0 spiro atoms. The zero-order valence-corrected chi connectivity index (χ0v) is 14.1. The first kappa shape index (κ1) is 17.4. The molecule has 1 aromatic heterocycles. The molecule has 0 unspecified atom stereocenters. The number of nitrogens with zero attached hydrogens (tertiary/aromatic N) is 1. The third-order valence-corrected chi connectivity index (χ3v) is 3.76. The number of hydrogen-bond acceptors (Lipinski definition) is 4. The maximum absolute atomic E-state index is 15.1. The lowest BCUT2D eigenvalue weighted by atomic mass is 10.0. The van der Waals surface area contributed by atoms with E-state index in [0.29, 0.717) is 12.2 Å². The normalized spacial score (nSPS) is 10.4. The molecule has 0 aliphatic carbocycles. The highest BCUT2D eigenvalue weighted by atomic mass is 19.1. The number of aromatic nitrogens is 1. The number of carboxylic acid groups (broad SMARTS) is 1. The molecule has 0 aliphatic rings. The highest BCUT2D eigenvalue weighted by molar-refractivity contribution is 5.94. The van der Waals surface area contributed by atoms with E-state index < -0.39 is 11.8 Å². The molecule has 132 valence electrons. The van der Waals surface area contributed by atoms with Crippen LogP contribution in [-0.2, 0) is 0 Å². The van der Waals surface area contributed by atoms with Gasteiger partial charge in [0.2, 0.25) is 0 Å². The van der Waals surface area contributed by atoms with Gasteiger partial charge in [-0.1, -0.05) is 30.3 Å². The third-order valence-electron chi connectivity index (χ3n) is 3.76. The van der Waals surface area contributed by atoms with E-state index in [1.807, 2.05) is 30.3 Å². The van der Waals surface area contributed by atoms with E-state index in [1.54, 1.807) is 19.1 Å². The van der Waals surface area contributed by atoms with Crippen LogP contribution in [0.15, 0.2) is 60.8 Å². The summed E-state index contributed by atoms with van der Waals surface area (Å²) < 4.78 is 20.6. The Kier molecular flexibility index (Phi) is 5.12. The van der Waals surface area contributed by atoms with E-state index in [4.69, 9.17) is 4.74 Å². The SMILES string of the molecule is CCOc1c(-c2ccccc2)ccc(Nc2ncccc2C(=O)O)c1F. The molecule has 0 atom stereocenters. The predicted molar refractivity (Wildman–Crippen MR) is 97.5 cm³/mol. The number of hydrogen-bond donors (Lipinski definition) is 2. The van der Waals surface area contributed by atoms with Crippen molar-refractivity contribution in [1.82, 2.24) is 4.98 Å². The molecule has 0 radical (unpaired) electrons. The van der Waals surface area contributed by atoms with Crippen molar-refractivity contribution in [3.05, 3.63) is 72.2 Å². The largest absolute Gasteiger partial charge is 0.490 e. The summed E-state index contributed by atoms with van der Waals surface area (Å²) in [6, 6.07) is 15.5. The lowest BCUT2D eigenvalue weighted by Gasteiger charge is -2.16. The summed E-state index contributed by atoms with van der Waals surface area (Å²) in [7, 11) is 0. The minimum absolute atomic E-state index is 0.0444. The van der Waals surface area contributed by atoms with Crippen LogP contribution < -0.4 is 10.1 Å². The number of benzene rings is 2. The van der Waals surface area contributed by atoms with Gasteiger partial charge in [-0.05, 0) is 36.8 Å². The molecule has 2 aromatic carbocycles. The first-order valence-corrected chi connectivity index (χ1v) is 8.08. The van der Waals surface area contributed by atoms with Crippen LogP contribution in [0.1, 0.15) is 17.3 Å². The van der Waals surface area contributed by atoms with Gasteiger partial charge in [0.15, 0.2) is 11.6 Å². The number of ether oxygens (including phenoxy) is 1. The van der Waals surface area contributed by atoms with Crippen molar-refractivity contribution in [2.75, 3.05) is 11.9 Å². The van der Waals surface area contributed by atoms with E-state index in [1.165, 1.54) is 18.3 Å². The number of carboxylic acids is 1. The van der Waals surface area contributed by atoms with Crippen molar-refractivity contribution in [3.63, 3.8) is 0 Å². The molecule has 0 fully saturated rings. The van der Waals surface area contributed by atoms with Crippen LogP contribution in [0.5, 0.6) is 5.75 Å². The van der Waals surface area contributed by atoms with Gasteiger partial charge in [-0.2, -0.15) is 0 Å². The number of anilines is 2. The molecule has 0 aliphatic heterocycles. The van der Waals surface area contributed by atoms with E-state index in [9.17, 15) is 9.90 Å². The fourth-order valence-corrected chi connectivity index (χ4v) is 2.59. The fraction of sp³-hybridized carbons (Fsp3) is 0.100. The molecule has 2 N–H and O–H groups in total. The number of rotatable bonds is 6. The minimum Gasteiger partial charge on any atom is -0.490 e. The van der Waals surface area contributed by atoms with Gasteiger partial charge >= 0.3 is 5.97 Å². The molecule has 3 rings (SSSR count). The van der Waals surface area contributed by atoms with E-state index in [0.717, 1.165) is 5.56 Å². The molecule has 6 heteroatoms. The van der Waals surface area contributed by atoms with Crippen LogP contribution in [0.4, 0.5) is 15.9 Å². The van der Waals surface area contributed by atoms with Crippen LogP contribution >= 0.6 is 0 Å². The summed E-state index contributed by atoms with van der Waals surface area (Å²) in [5.74, 6) is -1.58. The van der Waals surface area contributed by atoms with Crippen LogP contribution in [0, 0.1) is 5.82 Å². The average Bonchev–Trinajstić information content (AvgIpc) is 2.66. The Hall–Kier alpha value is -3.41. The smallest absolute Gasteiger partial charge is 0.339 e. The fourth-order valence-electron chi connectivity index (χ4n) is 2.59. The lowest BCUT2D eigenvalue weighted by Crippen LogP contribution is -2.06. The second kappa shape index (κ2) is 7.65. The summed E-state index contributed by atoms with van der Waals surface area (Å²) in [6.45, 7) is 2.07. The van der Waals surface area contributed by atoms with E-state index in [2.05, 4.69) is 10.3 Å². The molecule has 1 heterocycles. The lowest BCUT2D eigenvalue weighted by molar-refractivity contribution is 0.0697. The summed E-state index contributed by atoms with van der Waals surface area (Å²) in [6.07, 6.45) is 1.44. The van der Waals surface area contributed by atoms with Crippen LogP contribution in [0.2, 0.25) is 0 Å². The average molecular weight is 352 g/mol. The molecule has 0 bridgehead atoms. The van der Waals surface area contributed by atoms with Gasteiger partial charge in [-0.15, -0.1) is 0 Å². The van der Waals surface area contributed by atoms with Crippen molar-refractivity contribution in [2.45, 2.75) is 6.92 Å². The number of nitrogens with one attached hydrogen (secondary N) is 1. The number of aromatic carboxylic acids is 1. The second-order valence-electron chi connectivity index (χ2n) is 5.43. The van der Waals surface area contributed by atoms with Gasteiger partial charge in [-0.25, -0.2) is 14.2 Å². The molecule has 0 saturated carbocycles. The van der Waals surface area contributed by atoms with Crippen molar-refractivity contribution < 1.29 is 19.0 Å². The monoisotopic (exact) mass is 352 g/mol. The summed E-state index contributed by atoms with van der Waals surface area (Å²) >= 11 is 0. The van der Waals surface area contributed by atoms with E-state index >= 15 is 4.39 Å². The molecular formula is C20H17FN2O3. The first-order chi connectivity index (χ1) is 12.6. The highest BCUT2D eigenvalue weighted by Gasteiger charge is 2.18. The van der Waals surface area contributed by atoms with Gasteiger partial charge in [0.25, 0.3) is 0 Å². The van der Waals surface area contributed by atoms with Gasteiger partial charge in [-0.3, -0.25) is 0 Å². The van der Waals surface area contributed by atoms with Crippen molar-refractivity contribution >= 4 is 17.5 Å². The molecule has 3 aromatic rings. The molecule has 26 heavy (non-hydrogen) atoms. The third kappa shape index (κ3) is 3.49. The number of pyridine rings is 1. The minimum atomic E-state index is -1.15. The molecule has 0 saturated heterocycles. The standard InChI is InChI=1S/C20H17FN2O3/c1-2-26-18-14(13-7-4-3-5-8-13)10-11-16(17(18)21)23-19-15(20(24)25)9-6-12-22-19/h3-12H,2H2,1H3,(H,22,23)(H,24,25). The zero-order chi connectivity index (χ0) is 18.5. The maximum Gasteiger partial charge on any atom is 0.339 e. The Morgan fingerprint density at radius 1 is 1.15 bits per heavy atom. The van der Waals surface area contributed by atoms with Crippen LogP contribution in [0.25, 0.3) is 11.1 Å². The maximum atomic E-state index is 15.1. The summed E-state index contributed by atoms with van der Waals surface area (Å²) in [5, 5.41) is 12.0. The van der Waals surface area contributed by atoms with Crippen LogP contribution in [-0.4, -0.2) is 22.7 Å². The molecule has 5 nitrogen and oxygen atoms in total. The van der Waals surface area contributed by atoms with Crippen molar-refractivity contribution in [1.29, 1.82) is 0 Å². The predicted octanol–water partition coefficient (Wildman–Crippen LogP) is 4.73. The second-order valence-corrected chi connectivity index (χ2v) is 5.43. The Morgan fingerprint density at radius 3 is 2.62 bits per heavy atom. The topological polar surface area (TPSA) is 71.5 Å². The Bertz CT molecular complexity index is 930. The van der Waals surface area contributed by atoms with Crippen molar-refractivity contribution in [3.8, 4) is 16.9 Å². The zero-order valence-electron chi connectivity index (χ0n) is 14.1. The highest BCUT2D eigenvalue weighted by Crippen LogP contribution is 2.37. The molecular weight excluding hydrogens is 335 g/mol. The summed E-state index contributed by atoms with van der Waals surface area (Å²) in [5.41, 5.74) is 1.49.